The summed E-state index contributed by atoms with van der Waals surface area (Å²) in [6.45, 7) is 0.819. The zero-order chi connectivity index (χ0) is 27.2. The van der Waals surface area contributed by atoms with Crippen LogP contribution in [0.3, 0.4) is 0 Å². The van der Waals surface area contributed by atoms with E-state index in [0.717, 1.165) is 57.3 Å². The molecule has 5 heterocycles. The lowest BCUT2D eigenvalue weighted by atomic mass is 10.0. The van der Waals surface area contributed by atoms with Gasteiger partial charge in [-0.25, -0.2) is 9.97 Å². The second kappa shape index (κ2) is 9.57. The van der Waals surface area contributed by atoms with Gasteiger partial charge in [-0.05, 0) is 54.1 Å². The number of hydrogen-bond acceptors (Lipinski definition) is 4. The molecular formula is C36H25N5. The highest BCUT2D eigenvalue weighted by atomic mass is 15.0. The minimum atomic E-state index is 0.819. The number of nitrogens with one attached hydrogen (secondary N) is 1. The second-order valence-corrected chi connectivity index (χ2v) is 10.2. The quantitative estimate of drug-likeness (QED) is 0.250. The molecule has 1 aliphatic rings. The van der Waals surface area contributed by atoms with Crippen molar-refractivity contribution in [2.45, 2.75) is 0 Å². The van der Waals surface area contributed by atoms with Gasteiger partial charge in [0.2, 0.25) is 0 Å². The van der Waals surface area contributed by atoms with E-state index in [9.17, 15) is 0 Å². The highest BCUT2D eigenvalue weighted by Crippen LogP contribution is 2.34. The van der Waals surface area contributed by atoms with Crippen LogP contribution in [0.15, 0.2) is 128 Å². The highest BCUT2D eigenvalue weighted by Gasteiger charge is 2.14. The van der Waals surface area contributed by atoms with Crippen LogP contribution in [0.5, 0.6) is 0 Å². The van der Waals surface area contributed by atoms with Gasteiger partial charge in [0.1, 0.15) is 0 Å². The highest BCUT2D eigenvalue weighted by molar-refractivity contribution is 6.08. The molecule has 0 bridgehead atoms. The van der Waals surface area contributed by atoms with Gasteiger partial charge in [0.25, 0.3) is 0 Å². The summed E-state index contributed by atoms with van der Waals surface area (Å²) in [6, 6.07) is 37.8. The minimum absolute atomic E-state index is 0.819. The summed E-state index contributed by atoms with van der Waals surface area (Å²) in [7, 11) is 0. The van der Waals surface area contributed by atoms with Crippen LogP contribution >= 0.6 is 0 Å². The van der Waals surface area contributed by atoms with E-state index in [0.29, 0.717) is 0 Å². The third kappa shape index (κ3) is 3.98. The second-order valence-electron chi connectivity index (χ2n) is 10.2. The van der Waals surface area contributed by atoms with Crippen LogP contribution in [0.2, 0.25) is 0 Å². The van der Waals surface area contributed by atoms with E-state index in [1.54, 1.807) is 0 Å². The van der Waals surface area contributed by atoms with Gasteiger partial charge in [-0.2, -0.15) is 0 Å². The molecule has 0 unspecified atom stereocenters. The van der Waals surface area contributed by atoms with E-state index < -0.39 is 0 Å². The first-order chi connectivity index (χ1) is 20.3. The Labute approximate surface area is 237 Å². The zero-order valence-corrected chi connectivity index (χ0v) is 22.2. The smallest absolute Gasteiger partial charge is 0.0893 e. The van der Waals surface area contributed by atoms with E-state index in [4.69, 9.17) is 9.97 Å². The largest absolute Gasteiger partial charge is 0.381 e. The van der Waals surface area contributed by atoms with Crippen LogP contribution in [0.25, 0.3) is 67.5 Å². The van der Waals surface area contributed by atoms with E-state index in [2.05, 4.69) is 124 Å². The van der Waals surface area contributed by atoms with Gasteiger partial charge in [0.15, 0.2) is 0 Å². The fourth-order valence-electron chi connectivity index (χ4n) is 5.81. The Bertz CT molecular complexity index is 2050. The van der Waals surface area contributed by atoms with Crippen molar-refractivity contribution in [3.05, 3.63) is 133 Å². The Morgan fingerprint density at radius 1 is 0.610 bits per heavy atom. The van der Waals surface area contributed by atoms with Crippen molar-refractivity contribution in [2.75, 3.05) is 11.9 Å². The molecule has 8 rings (SSSR count). The van der Waals surface area contributed by atoms with Crippen molar-refractivity contribution in [1.82, 2.24) is 19.5 Å². The molecule has 5 heteroatoms. The lowest BCUT2D eigenvalue weighted by molar-refractivity contribution is 1.16. The van der Waals surface area contributed by atoms with E-state index in [1.807, 2.05) is 24.5 Å². The van der Waals surface area contributed by atoms with Crippen molar-refractivity contribution >= 4 is 33.6 Å². The Morgan fingerprint density at radius 2 is 1.34 bits per heavy atom. The maximum Gasteiger partial charge on any atom is 0.0893 e. The summed E-state index contributed by atoms with van der Waals surface area (Å²) < 4.78 is 2.27. The summed E-state index contributed by atoms with van der Waals surface area (Å²) in [5.74, 6) is 0. The molecule has 7 aromatic rings. The molecule has 0 amide bonds. The molecular weight excluding hydrogens is 502 g/mol. The molecule has 0 saturated heterocycles. The number of pyridine rings is 3. The number of benzene rings is 3. The molecule has 4 aromatic heterocycles. The van der Waals surface area contributed by atoms with Crippen LogP contribution in [-0.2, 0) is 0 Å². The number of rotatable bonds is 4. The van der Waals surface area contributed by atoms with Gasteiger partial charge in [-0.3, -0.25) is 4.98 Å². The lowest BCUT2D eigenvalue weighted by Crippen LogP contribution is -2.06. The van der Waals surface area contributed by atoms with Crippen LogP contribution in [0.1, 0.15) is 5.56 Å². The summed E-state index contributed by atoms with van der Waals surface area (Å²) in [5.41, 5.74) is 11.4. The molecule has 0 aliphatic carbocycles. The van der Waals surface area contributed by atoms with Gasteiger partial charge in [-0.1, -0.05) is 72.8 Å². The van der Waals surface area contributed by atoms with Gasteiger partial charge < -0.3 is 9.88 Å². The third-order valence-corrected chi connectivity index (χ3v) is 7.72. The van der Waals surface area contributed by atoms with Gasteiger partial charge in [0, 0.05) is 40.3 Å². The molecule has 5 nitrogen and oxygen atoms in total. The molecule has 3 aromatic carbocycles. The monoisotopic (exact) mass is 527 g/mol. The topological polar surface area (TPSA) is 55.6 Å². The maximum absolute atomic E-state index is 5.03. The number of para-hydroxylation sites is 2. The molecule has 1 aliphatic heterocycles. The molecule has 0 radical (unpaired) electrons. The molecule has 0 spiro atoms. The van der Waals surface area contributed by atoms with E-state index in [1.165, 1.54) is 21.9 Å². The van der Waals surface area contributed by atoms with Crippen molar-refractivity contribution in [2.24, 2.45) is 0 Å². The predicted molar refractivity (Wildman–Crippen MR) is 168 cm³/mol. The predicted octanol–water partition coefficient (Wildman–Crippen LogP) is 8.41. The Hall–Kier alpha value is -5.55. The molecule has 0 fully saturated rings. The van der Waals surface area contributed by atoms with Crippen LogP contribution in [-0.4, -0.2) is 26.1 Å². The molecule has 41 heavy (non-hydrogen) atoms. The zero-order valence-electron chi connectivity index (χ0n) is 22.2. The Morgan fingerprint density at radius 3 is 2.22 bits per heavy atom. The van der Waals surface area contributed by atoms with Gasteiger partial charge >= 0.3 is 0 Å². The first kappa shape index (κ1) is 23.3. The summed E-state index contributed by atoms with van der Waals surface area (Å²) in [4.78, 5) is 14.4. The van der Waals surface area contributed by atoms with Crippen molar-refractivity contribution in [1.29, 1.82) is 0 Å². The fourth-order valence-corrected chi connectivity index (χ4v) is 5.81. The molecule has 1 N–H and O–H groups in total. The van der Waals surface area contributed by atoms with E-state index >= 15 is 0 Å². The fraction of sp³-hybridized carbons (Fsp3) is 0.0278. The standard InChI is InChI=1S/C36H25N5/c1-2-15-34-27(9-1)28-20-22-37-23-35(28)41(34)26-18-16-24(17-19-26)30-11-4-13-32(39-30)33-14-5-12-31(40-33)29-10-3-7-25-8-6-21-38-36(25)29/h1-20,22-23,38H,21H2. The normalized spacial score (nSPS) is 12.4. The SMILES string of the molecule is C1=Cc2cccc(-c3cccc(-c4cccc(-c5ccc(-n6c7ccccc7c7ccncc76)cc5)n4)n3)c2NC1. The number of nitrogens with zero attached hydrogens (tertiary/aromatic N) is 4. The van der Waals surface area contributed by atoms with Crippen LogP contribution < -0.4 is 5.32 Å². The number of anilines is 1. The molecule has 194 valence electrons. The van der Waals surface area contributed by atoms with Crippen molar-refractivity contribution in [3.8, 4) is 39.6 Å². The van der Waals surface area contributed by atoms with Gasteiger partial charge in [-0.15, -0.1) is 0 Å². The summed E-state index contributed by atoms with van der Waals surface area (Å²) in [5, 5.41) is 5.93. The minimum Gasteiger partial charge on any atom is -0.381 e. The van der Waals surface area contributed by atoms with Crippen molar-refractivity contribution < 1.29 is 0 Å². The average Bonchev–Trinajstić information content (AvgIpc) is 3.39. The first-order valence-electron chi connectivity index (χ1n) is 13.8. The summed E-state index contributed by atoms with van der Waals surface area (Å²) in [6.07, 6.45) is 8.09. The first-order valence-corrected chi connectivity index (χ1v) is 13.8. The van der Waals surface area contributed by atoms with Crippen LogP contribution in [0, 0.1) is 0 Å². The Balaban J connectivity index is 1.15. The summed E-state index contributed by atoms with van der Waals surface area (Å²) >= 11 is 0. The molecule has 0 saturated carbocycles. The van der Waals surface area contributed by atoms with Crippen LogP contribution in [0.4, 0.5) is 5.69 Å². The van der Waals surface area contributed by atoms with Gasteiger partial charge in [0.05, 0.1) is 45.7 Å². The van der Waals surface area contributed by atoms with E-state index in [-0.39, 0.29) is 0 Å². The number of hydrogen-bond donors (Lipinski definition) is 1. The molecule has 0 atom stereocenters. The number of aromatic nitrogens is 4. The average molecular weight is 528 g/mol. The third-order valence-electron chi connectivity index (χ3n) is 7.72. The Kier molecular flexibility index (Phi) is 5.45. The maximum atomic E-state index is 5.03. The number of fused-ring (bicyclic) bond motifs is 4. The lowest BCUT2D eigenvalue weighted by Gasteiger charge is -2.17. The van der Waals surface area contributed by atoms with Crippen molar-refractivity contribution in [3.63, 3.8) is 0 Å².